The first-order chi connectivity index (χ1) is 16.3. The number of carbonyl (C=O) groups excluding carboxylic acids is 1. The highest BCUT2D eigenvalue weighted by Gasteiger charge is 2.33. The molecule has 2 aromatic carbocycles. The molecule has 1 fully saturated rings. The van der Waals surface area contributed by atoms with Crippen molar-refractivity contribution in [3.8, 4) is 0 Å². The van der Waals surface area contributed by atoms with Gasteiger partial charge in [-0.15, -0.1) is 0 Å². The number of benzene rings is 2. The van der Waals surface area contributed by atoms with Crippen LogP contribution in [0.1, 0.15) is 67.3 Å². The van der Waals surface area contributed by atoms with Gasteiger partial charge in [0, 0.05) is 13.1 Å². The fraction of sp³-hybridized carbons (Fsp3) is 0.500. The van der Waals surface area contributed by atoms with Crippen LogP contribution in [-0.2, 0) is 33.4 Å². The lowest BCUT2D eigenvalue weighted by Gasteiger charge is -2.32. The molecular weight excluding hydrogens is 491 g/mol. The number of halogens is 2. The van der Waals surface area contributed by atoms with E-state index >= 15 is 0 Å². The third kappa shape index (κ3) is 5.96. The number of hydrogen-bond donors (Lipinski definition) is 1. The Labute approximate surface area is 212 Å². The third-order valence-corrected chi connectivity index (χ3v) is 9.54. The number of aryl methyl sites for hydroxylation is 2. The molecule has 0 spiro atoms. The monoisotopic (exact) mass is 522 g/mol. The van der Waals surface area contributed by atoms with Gasteiger partial charge in [-0.25, -0.2) is 12.7 Å². The fourth-order valence-electron chi connectivity index (χ4n) is 5.02. The number of nitrogens with one attached hydrogen (secondary N) is 1. The molecule has 1 aliphatic heterocycles. The third-order valence-electron chi connectivity index (χ3n) is 6.98. The summed E-state index contributed by atoms with van der Waals surface area (Å²) < 4.78 is 27.6. The number of fused-ring (bicyclic) bond motifs is 1. The Hall–Kier alpha value is -1.60. The Morgan fingerprint density at radius 3 is 2.56 bits per heavy atom. The highest BCUT2D eigenvalue weighted by molar-refractivity contribution is 7.88. The molecule has 1 amide bonds. The summed E-state index contributed by atoms with van der Waals surface area (Å²) in [6.07, 6.45) is 6.83. The minimum atomic E-state index is -3.58. The number of piperidine rings is 1. The van der Waals surface area contributed by atoms with Gasteiger partial charge < -0.3 is 5.32 Å². The van der Waals surface area contributed by atoms with E-state index in [-0.39, 0.29) is 30.2 Å². The van der Waals surface area contributed by atoms with Gasteiger partial charge in [0.25, 0.3) is 0 Å². The molecule has 1 aliphatic carbocycles. The van der Waals surface area contributed by atoms with Crippen LogP contribution in [0.3, 0.4) is 0 Å². The van der Waals surface area contributed by atoms with Gasteiger partial charge in [0.15, 0.2) is 0 Å². The number of nitrogens with zero attached hydrogens (tertiary/aromatic N) is 1. The number of carbonyl (C=O) groups is 1. The molecule has 4 rings (SSSR count). The van der Waals surface area contributed by atoms with Crippen LogP contribution < -0.4 is 5.32 Å². The second-order valence-electron chi connectivity index (χ2n) is 9.41. The first-order valence-electron chi connectivity index (χ1n) is 12.1. The van der Waals surface area contributed by atoms with E-state index in [1.807, 2.05) is 0 Å². The van der Waals surface area contributed by atoms with Gasteiger partial charge in [0.1, 0.15) is 0 Å². The number of amides is 1. The zero-order valence-electron chi connectivity index (χ0n) is 19.5. The molecule has 1 N–H and O–H groups in total. The van der Waals surface area contributed by atoms with Crippen LogP contribution >= 0.6 is 23.2 Å². The summed E-state index contributed by atoms with van der Waals surface area (Å²) in [5.41, 5.74) is 4.54. The van der Waals surface area contributed by atoms with E-state index in [1.165, 1.54) is 28.3 Å². The van der Waals surface area contributed by atoms with Crippen molar-refractivity contribution in [3.05, 3.63) is 68.7 Å². The van der Waals surface area contributed by atoms with Crippen LogP contribution in [0.15, 0.2) is 36.4 Å². The molecule has 0 radical (unpaired) electrons. The van der Waals surface area contributed by atoms with E-state index in [2.05, 4.69) is 30.4 Å². The molecule has 0 aromatic heterocycles. The van der Waals surface area contributed by atoms with Crippen molar-refractivity contribution in [2.24, 2.45) is 5.92 Å². The maximum atomic E-state index is 13.2. The molecule has 1 saturated heterocycles. The molecule has 5 nitrogen and oxygen atoms in total. The van der Waals surface area contributed by atoms with Crippen molar-refractivity contribution in [3.63, 3.8) is 0 Å². The first kappa shape index (κ1) is 25.5. The average molecular weight is 524 g/mol. The normalized spacial score (nSPS) is 19.9. The summed E-state index contributed by atoms with van der Waals surface area (Å²) in [5.74, 6) is -0.590. The molecule has 2 aliphatic rings. The fourth-order valence-corrected chi connectivity index (χ4v) is 6.94. The highest BCUT2D eigenvalue weighted by Crippen LogP contribution is 2.28. The van der Waals surface area contributed by atoms with Crippen LogP contribution in [0.2, 0.25) is 10.0 Å². The zero-order chi connectivity index (χ0) is 24.3. The topological polar surface area (TPSA) is 66.5 Å². The quantitative estimate of drug-likeness (QED) is 0.508. The van der Waals surface area contributed by atoms with E-state index in [9.17, 15) is 13.2 Å². The van der Waals surface area contributed by atoms with Crippen LogP contribution in [0.5, 0.6) is 0 Å². The lowest BCUT2D eigenvalue weighted by atomic mass is 9.88. The van der Waals surface area contributed by atoms with Gasteiger partial charge in [0.05, 0.1) is 27.8 Å². The minimum Gasteiger partial charge on any atom is -0.349 e. The number of rotatable bonds is 7. The molecule has 2 aromatic rings. The molecule has 0 saturated carbocycles. The van der Waals surface area contributed by atoms with Gasteiger partial charge >= 0.3 is 0 Å². The first-order valence-corrected chi connectivity index (χ1v) is 14.5. The van der Waals surface area contributed by atoms with Crippen LogP contribution in [0, 0.1) is 5.92 Å². The summed E-state index contributed by atoms with van der Waals surface area (Å²) in [5, 5.41) is 3.92. The van der Waals surface area contributed by atoms with Crippen molar-refractivity contribution in [1.29, 1.82) is 0 Å². The summed E-state index contributed by atoms with van der Waals surface area (Å²) in [6, 6.07) is 11.4. The second kappa shape index (κ2) is 11.0. The van der Waals surface area contributed by atoms with Gasteiger partial charge in [-0.1, -0.05) is 54.4 Å². The number of sulfonamides is 1. The van der Waals surface area contributed by atoms with E-state index in [4.69, 9.17) is 23.2 Å². The van der Waals surface area contributed by atoms with Gasteiger partial charge in [-0.2, -0.15) is 0 Å². The van der Waals surface area contributed by atoms with Crippen molar-refractivity contribution in [1.82, 2.24) is 9.62 Å². The summed E-state index contributed by atoms with van der Waals surface area (Å²) in [7, 11) is -3.58. The van der Waals surface area contributed by atoms with Crippen LogP contribution in [0.4, 0.5) is 0 Å². The Kier molecular flexibility index (Phi) is 8.24. The molecule has 2 atom stereocenters. The van der Waals surface area contributed by atoms with E-state index in [1.54, 1.807) is 18.2 Å². The second-order valence-corrected chi connectivity index (χ2v) is 12.2. The highest BCUT2D eigenvalue weighted by atomic mass is 35.5. The molecule has 0 bridgehead atoms. The maximum absolute atomic E-state index is 13.2. The molecule has 1 heterocycles. The minimum absolute atomic E-state index is 0.0667. The van der Waals surface area contributed by atoms with Crippen molar-refractivity contribution >= 4 is 39.1 Å². The predicted molar refractivity (Wildman–Crippen MR) is 138 cm³/mol. The van der Waals surface area contributed by atoms with Gasteiger partial charge in [-0.05, 0) is 79.3 Å². The Morgan fingerprint density at radius 1 is 1.06 bits per heavy atom. The summed E-state index contributed by atoms with van der Waals surface area (Å²) >= 11 is 12.0. The number of hydrogen-bond acceptors (Lipinski definition) is 3. The van der Waals surface area contributed by atoms with E-state index in [0.717, 1.165) is 24.8 Å². The largest absolute Gasteiger partial charge is 0.349 e. The summed E-state index contributed by atoms with van der Waals surface area (Å²) in [4.78, 5) is 13.2. The molecule has 34 heavy (non-hydrogen) atoms. The maximum Gasteiger partial charge on any atom is 0.224 e. The van der Waals surface area contributed by atoms with Gasteiger partial charge in [0.2, 0.25) is 15.9 Å². The lowest BCUT2D eigenvalue weighted by molar-refractivity contribution is -0.126. The van der Waals surface area contributed by atoms with E-state index < -0.39 is 10.0 Å². The lowest BCUT2D eigenvalue weighted by Crippen LogP contribution is -2.46. The van der Waals surface area contributed by atoms with Crippen molar-refractivity contribution in [2.75, 3.05) is 13.1 Å². The Balaban J connectivity index is 1.41. The standard InChI is InChI=1S/C26H32Cl2N2O3S/c1-2-25(21-11-10-19-6-3-4-7-20(19)15-21)29-26(31)22-8-5-13-30(16-22)34(32,33)17-18-9-12-23(27)24(28)14-18/h9-12,14-15,22,25H,2-8,13,16-17H2,1H3,(H,29,31)/t22-,25+/m0/s1. The molecule has 8 heteroatoms. The van der Waals surface area contributed by atoms with E-state index in [0.29, 0.717) is 35.0 Å². The molecular formula is C26H32Cl2N2O3S. The summed E-state index contributed by atoms with van der Waals surface area (Å²) in [6.45, 7) is 2.70. The van der Waals surface area contributed by atoms with Crippen molar-refractivity contribution < 1.29 is 13.2 Å². The van der Waals surface area contributed by atoms with Crippen LogP contribution in [-0.4, -0.2) is 31.7 Å². The Bertz CT molecular complexity index is 1150. The molecule has 0 unspecified atom stereocenters. The molecule has 184 valence electrons. The average Bonchev–Trinajstić information content (AvgIpc) is 2.84. The van der Waals surface area contributed by atoms with Crippen LogP contribution in [0.25, 0.3) is 0 Å². The SMILES string of the molecule is CC[C@@H](NC(=O)[C@H]1CCCN(S(=O)(=O)Cc2ccc(Cl)c(Cl)c2)C1)c1ccc2c(c1)CCCC2. The predicted octanol–water partition coefficient (Wildman–Crippen LogP) is 5.68. The zero-order valence-corrected chi connectivity index (χ0v) is 21.9. The smallest absolute Gasteiger partial charge is 0.224 e. The Morgan fingerprint density at radius 2 is 1.82 bits per heavy atom. The van der Waals surface area contributed by atoms with Gasteiger partial charge in [-0.3, -0.25) is 4.79 Å². The van der Waals surface area contributed by atoms with Crippen molar-refractivity contribution in [2.45, 2.75) is 63.7 Å².